The molecule has 0 aliphatic carbocycles. The molecule has 1 aromatic heterocycles. The smallest absolute Gasteiger partial charge is 0.410 e. The van der Waals surface area contributed by atoms with Crippen LogP contribution in [0.4, 0.5) is 4.79 Å². The molecule has 0 unspecified atom stereocenters. The second-order valence-corrected chi connectivity index (χ2v) is 6.50. The maximum Gasteiger partial charge on any atom is 0.410 e. The van der Waals surface area contributed by atoms with Gasteiger partial charge in [-0.05, 0) is 40.5 Å². The maximum atomic E-state index is 12.2. The Morgan fingerprint density at radius 1 is 1.36 bits per heavy atom. The number of carbonyl (C=O) groups is 2. The van der Waals surface area contributed by atoms with Crippen LogP contribution in [-0.4, -0.2) is 55.8 Å². The van der Waals surface area contributed by atoms with Gasteiger partial charge in [0, 0.05) is 13.1 Å². The SMILES string of the molecule is Cc1c(C(=O)O)nnn1[C@H]1CCCN(C(=O)OC(C)(C)C)C1. The highest BCUT2D eigenvalue weighted by atomic mass is 16.6. The van der Waals surface area contributed by atoms with Crippen molar-refractivity contribution in [1.29, 1.82) is 0 Å². The summed E-state index contributed by atoms with van der Waals surface area (Å²) in [6, 6.07) is -0.0816. The summed E-state index contributed by atoms with van der Waals surface area (Å²) in [6.07, 6.45) is 1.28. The zero-order valence-electron chi connectivity index (χ0n) is 13.4. The third kappa shape index (κ3) is 3.55. The van der Waals surface area contributed by atoms with Crippen molar-refractivity contribution < 1.29 is 19.4 Å². The molecule has 2 rings (SSSR count). The Morgan fingerprint density at radius 3 is 2.59 bits per heavy atom. The van der Waals surface area contributed by atoms with Gasteiger partial charge >= 0.3 is 12.1 Å². The molecule has 0 radical (unpaired) electrons. The largest absolute Gasteiger partial charge is 0.476 e. The summed E-state index contributed by atoms with van der Waals surface area (Å²) in [7, 11) is 0. The molecule has 1 N–H and O–H groups in total. The first-order valence-electron chi connectivity index (χ1n) is 7.32. The number of carboxylic acids is 1. The van der Waals surface area contributed by atoms with E-state index in [0.717, 1.165) is 12.8 Å². The number of hydrogen-bond acceptors (Lipinski definition) is 5. The van der Waals surface area contributed by atoms with E-state index in [0.29, 0.717) is 18.8 Å². The van der Waals surface area contributed by atoms with Gasteiger partial charge in [-0.1, -0.05) is 5.21 Å². The highest BCUT2D eigenvalue weighted by Crippen LogP contribution is 2.24. The van der Waals surface area contributed by atoms with Gasteiger partial charge in [-0.2, -0.15) is 0 Å². The van der Waals surface area contributed by atoms with E-state index in [2.05, 4.69) is 10.3 Å². The molecule has 122 valence electrons. The van der Waals surface area contributed by atoms with Crippen molar-refractivity contribution in [3.8, 4) is 0 Å². The summed E-state index contributed by atoms with van der Waals surface area (Å²) >= 11 is 0. The number of rotatable bonds is 2. The summed E-state index contributed by atoms with van der Waals surface area (Å²) in [5, 5.41) is 16.7. The Kier molecular flexibility index (Phi) is 4.39. The van der Waals surface area contributed by atoms with Crippen molar-refractivity contribution in [1.82, 2.24) is 19.9 Å². The normalized spacial score (nSPS) is 19.1. The summed E-state index contributed by atoms with van der Waals surface area (Å²) in [5.74, 6) is -1.09. The fourth-order valence-corrected chi connectivity index (χ4v) is 2.53. The standard InChI is InChI=1S/C14H22N4O4/c1-9-11(12(19)20)15-16-18(9)10-6-5-7-17(8-10)13(21)22-14(2,3)4/h10H,5-8H2,1-4H3,(H,19,20)/t10-/m0/s1. The van der Waals surface area contributed by atoms with Crippen LogP contribution in [0.1, 0.15) is 55.8 Å². The summed E-state index contributed by atoms with van der Waals surface area (Å²) in [4.78, 5) is 24.8. The number of likely N-dealkylation sites (tertiary alicyclic amines) is 1. The van der Waals surface area contributed by atoms with Gasteiger partial charge in [-0.3, -0.25) is 0 Å². The van der Waals surface area contributed by atoms with Crippen LogP contribution in [0.3, 0.4) is 0 Å². The molecule has 0 saturated carbocycles. The Hall–Kier alpha value is -2.12. The lowest BCUT2D eigenvalue weighted by Crippen LogP contribution is -2.43. The van der Waals surface area contributed by atoms with E-state index in [4.69, 9.17) is 9.84 Å². The first-order valence-corrected chi connectivity index (χ1v) is 7.32. The highest BCUT2D eigenvalue weighted by molar-refractivity contribution is 5.86. The van der Waals surface area contributed by atoms with Gasteiger partial charge in [0.25, 0.3) is 0 Å². The van der Waals surface area contributed by atoms with Gasteiger partial charge in [0.05, 0.1) is 11.7 Å². The minimum absolute atomic E-state index is 0.0469. The second kappa shape index (κ2) is 5.94. The van der Waals surface area contributed by atoms with E-state index in [-0.39, 0.29) is 17.8 Å². The van der Waals surface area contributed by atoms with Crippen LogP contribution >= 0.6 is 0 Å². The molecule has 1 aromatic rings. The molecule has 1 aliphatic rings. The third-order valence-corrected chi connectivity index (χ3v) is 3.52. The minimum Gasteiger partial charge on any atom is -0.476 e. The number of ether oxygens (including phenoxy) is 1. The molecule has 22 heavy (non-hydrogen) atoms. The Balaban J connectivity index is 2.11. The molecule has 1 aliphatic heterocycles. The number of carboxylic acid groups (broad SMARTS) is 1. The van der Waals surface area contributed by atoms with Crippen molar-refractivity contribution in [2.24, 2.45) is 0 Å². The van der Waals surface area contributed by atoms with Crippen LogP contribution in [0, 0.1) is 6.92 Å². The van der Waals surface area contributed by atoms with Gasteiger partial charge in [0.2, 0.25) is 0 Å². The second-order valence-electron chi connectivity index (χ2n) is 6.50. The van der Waals surface area contributed by atoms with Crippen molar-refractivity contribution in [3.63, 3.8) is 0 Å². The predicted molar refractivity (Wildman–Crippen MR) is 77.8 cm³/mol. The van der Waals surface area contributed by atoms with Crippen LogP contribution in [0.25, 0.3) is 0 Å². The number of nitrogens with zero attached hydrogens (tertiary/aromatic N) is 4. The summed E-state index contributed by atoms with van der Waals surface area (Å²) in [6.45, 7) is 8.23. The zero-order valence-corrected chi connectivity index (χ0v) is 13.4. The van der Waals surface area contributed by atoms with Crippen molar-refractivity contribution >= 4 is 12.1 Å². The molecular weight excluding hydrogens is 288 g/mol. The van der Waals surface area contributed by atoms with E-state index in [1.165, 1.54) is 0 Å². The Labute approximate surface area is 129 Å². The number of hydrogen-bond donors (Lipinski definition) is 1. The van der Waals surface area contributed by atoms with Crippen molar-refractivity contribution in [3.05, 3.63) is 11.4 Å². The molecule has 0 aromatic carbocycles. The van der Waals surface area contributed by atoms with E-state index < -0.39 is 11.6 Å². The van der Waals surface area contributed by atoms with E-state index in [9.17, 15) is 9.59 Å². The van der Waals surface area contributed by atoms with Gasteiger partial charge in [0.15, 0.2) is 5.69 Å². The van der Waals surface area contributed by atoms with Gasteiger partial charge in [-0.25, -0.2) is 14.3 Å². The lowest BCUT2D eigenvalue weighted by Gasteiger charge is -2.34. The summed E-state index contributed by atoms with van der Waals surface area (Å²) < 4.78 is 6.98. The number of aromatic nitrogens is 3. The molecule has 0 bridgehead atoms. The molecule has 1 atom stereocenters. The fraction of sp³-hybridized carbons (Fsp3) is 0.714. The van der Waals surface area contributed by atoms with E-state index in [1.54, 1.807) is 16.5 Å². The first-order chi connectivity index (χ1) is 10.2. The molecule has 8 heteroatoms. The van der Waals surface area contributed by atoms with Gasteiger partial charge in [0.1, 0.15) is 5.60 Å². The van der Waals surface area contributed by atoms with E-state index >= 15 is 0 Å². The first kappa shape index (κ1) is 16.3. The quantitative estimate of drug-likeness (QED) is 0.895. The average Bonchev–Trinajstić information content (AvgIpc) is 2.79. The molecular formula is C14H22N4O4. The van der Waals surface area contributed by atoms with Crippen LogP contribution in [0.15, 0.2) is 0 Å². The monoisotopic (exact) mass is 310 g/mol. The zero-order chi connectivity index (χ0) is 16.5. The molecule has 2 heterocycles. The number of aromatic carboxylic acids is 1. The number of piperidine rings is 1. The lowest BCUT2D eigenvalue weighted by molar-refractivity contribution is 0.0165. The van der Waals surface area contributed by atoms with Crippen LogP contribution in [0.2, 0.25) is 0 Å². The van der Waals surface area contributed by atoms with Crippen LogP contribution in [-0.2, 0) is 4.74 Å². The Bertz CT molecular complexity index is 576. The number of amides is 1. The predicted octanol–water partition coefficient (Wildman–Crippen LogP) is 1.86. The van der Waals surface area contributed by atoms with Crippen molar-refractivity contribution in [2.75, 3.05) is 13.1 Å². The highest BCUT2D eigenvalue weighted by Gasteiger charge is 2.30. The average molecular weight is 310 g/mol. The molecule has 1 fully saturated rings. The van der Waals surface area contributed by atoms with Crippen LogP contribution < -0.4 is 0 Å². The maximum absolute atomic E-state index is 12.2. The fourth-order valence-electron chi connectivity index (χ4n) is 2.53. The topological polar surface area (TPSA) is 97.5 Å². The van der Waals surface area contributed by atoms with E-state index in [1.807, 2.05) is 20.8 Å². The van der Waals surface area contributed by atoms with Crippen LogP contribution in [0.5, 0.6) is 0 Å². The molecule has 8 nitrogen and oxygen atoms in total. The molecule has 1 saturated heterocycles. The van der Waals surface area contributed by atoms with Gasteiger partial charge < -0.3 is 14.7 Å². The summed E-state index contributed by atoms with van der Waals surface area (Å²) in [5.41, 5.74) is -0.0816. The molecule has 1 amide bonds. The molecule has 0 spiro atoms. The minimum atomic E-state index is -1.09. The van der Waals surface area contributed by atoms with Crippen molar-refractivity contribution in [2.45, 2.75) is 52.2 Å². The Morgan fingerprint density at radius 2 is 2.05 bits per heavy atom. The van der Waals surface area contributed by atoms with Gasteiger partial charge in [-0.15, -0.1) is 5.10 Å². The lowest BCUT2D eigenvalue weighted by atomic mass is 10.1. The third-order valence-electron chi connectivity index (χ3n) is 3.52. The number of carbonyl (C=O) groups excluding carboxylic acids is 1.